The number of nitrogens with zero attached hydrogens (tertiary/aromatic N) is 2. The summed E-state index contributed by atoms with van der Waals surface area (Å²) in [7, 11) is 1.45. The number of halogens is 3. The predicted molar refractivity (Wildman–Crippen MR) is 57.3 cm³/mol. The number of hydrogen-bond acceptors (Lipinski definition) is 3. The molecule has 0 N–H and O–H groups in total. The van der Waals surface area contributed by atoms with Crippen molar-refractivity contribution in [2.75, 3.05) is 13.7 Å². The first-order valence-corrected chi connectivity index (χ1v) is 5.03. The number of amidine groups is 1. The summed E-state index contributed by atoms with van der Waals surface area (Å²) in [5.41, 5.74) is -0.710. The molecule has 4 nitrogen and oxygen atoms in total. The molecule has 0 aliphatic carbocycles. The molecule has 0 aromatic heterocycles. The van der Waals surface area contributed by atoms with Crippen LogP contribution in [0.15, 0.2) is 29.3 Å². The Kier molecular flexibility index (Phi) is 2.98. The van der Waals surface area contributed by atoms with Gasteiger partial charge in [-0.1, -0.05) is 6.07 Å². The zero-order valence-corrected chi connectivity index (χ0v) is 9.36. The summed E-state index contributed by atoms with van der Waals surface area (Å²) in [6.07, 6.45) is -4.42. The van der Waals surface area contributed by atoms with Crippen LogP contribution in [0.3, 0.4) is 0 Å². The number of likely N-dealkylation sites (N-methyl/N-ethyl adjacent to an activating group) is 1. The van der Waals surface area contributed by atoms with Crippen LogP contribution < -0.4 is 0 Å². The summed E-state index contributed by atoms with van der Waals surface area (Å²) in [5.74, 6) is -0.291. The van der Waals surface area contributed by atoms with E-state index in [0.717, 1.165) is 17.0 Å². The van der Waals surface area contributed by atoms with Gasteiger partial charge >= 0.3 is 6.18 Å². The number of amides is 1. The lowest BCUT2D eigenvalue weighted by atomic mass is 10.2. The van der Waals surface area contributed by atoms with Gasteiger partial charge in [-0.2, -0.15) is 18.2 Å². The molecule has 7 heteroatoms. The van der Waals surface area contributed by atoms with Crippen molar-refractivity contribution < 1.29 is 22.7 Å². The summed E-state index contributed by atoms with van der Waals surface area (Å²) in [5, 5.41) is 0. The van der Waals surface area contributed by atoms with Gasteiger partial charge in [0.2, 0.25) is 0 Å². The van der Waals surface area contributed by atoms with E-state index in [1.165, 1.54) is 19.2 Å². The van der Waals surface area contributed by atoms with Crippen molar-refractivity contribution in [3.63, 3.8) is 0 Å². The van der Waals surface area contributed by atoms with Crippen LogP contribution in [0.2, 0.25) is 0 Å². The molecule has 0 spiro atoms. The summed E-state index contributed by atoms with van der Waals surface area (Å²) in [6.45, 7) is -0.145. The maximum absolute atomic E-state index is 12.5. The van der Waals surface area contributed by atoms with Gasteiger partial charge in [0.25, 0.3) is 11.9 Å². The van der Waals surface area contributed by atoms with E-state index in [4.69, 9.17) is 4.74 Å². The third-order valence-corrected chi connectivity index (χ3v) is 2.38. The molecule has 0 radical (unpaired) electrons. The number of ether oxygens (including phenoxy) is 1. The first kappa shape index (κ1) is 12.4. The normalized spacial score (nSPS) is 18.3. The van der Waals surface area contributed by atoms with Crippen LogP contribution in [0, 0.1) is 0 Å². The molecular weight excluding hydrogens is 249 g/mol. The SMILES string of the molecule is CN1C(=O)COC1=Nc1cccc(C(F)(F)F)c1. The van der Waals surface area contributed by atoms with Crippen LogP contribution in [-0.2, 0) is 15.7 Å². The molecule has 1 aliphatic rings. The average Bonchev–Trinajstić information content (AvgIpc) is 2.60. The standard InChI is InChI=1S/C11H9F3N2O2/c1-16-9(17)6-18-10(16)15-8-4-2-3-7(5-8)11(12,13)14/h2-5H,6H2,1H3. The minimum Gasteiger partial charge on any atom is -0.454 e. The van der Waals surface area contributed by atoms with Crippen molar-refractivity contribution in [2.45, 2.75) is 6.18 Å². The van der Waals surface area contributed by atoms with Gasteiger partial charge in [-0.15, -0.1) is 0 Å². The lowest BCUT2D eigenvalue weighted by molar-refractivity contribution is -0.137. The molecule has 0 unspecified atom stereocenters. The van der Waals surface area contributed by atoms with Gasteiger partial charge < -0.3 is 4.74 Å². The van der Waals surface area contributed by atoms with E-state index in [2.05, 4.69) is 4.99 Å². The Morgan fingerprint density at radius 1 is 1.39 bits per heavy atom. The lowest BCUT2D eigenvalue weighted by Gasteiger charge is -2.08. The molecule has 96 valence electrons. The van der Waals surface area contributed by atoms with E-state index >= 15 is 0 Å². The topological polar surface area (TPSA) is 41.9 Å². The monoisotopic (exact) mass is 258 g/mol. The third-order valence-electron chi connectivity index (χ3n) is 2.38. The molecule has 1 saturated heterocycles. The molecule has 1 aromatic carbocycles. The van der Waals surface area contributed by atoms with Crippen molar-refractivity contribution in [3.05, 3.63) is 29.8 Å². The molecule has 18 heavy (non-hydrogen) atoms. The number of rotatable bonds is 1. The fourth-order valence-corrected chi connectivity index (χ4v) is 1.40. The maximum Gasteiger partial charge on any atom is 0.416 e. The minimum atomic E-state index is -4.42. The van der Waals surface area contributed by atoms with Crippen LogP contribution in [0.4, 0.5) is 18.9 Å². The number of aliphatic imine (C=N–C) groups is 1. The number of carbonyl (C=O) groups excluding carboxylic acids is 1. The largest absolute Gasteiger partial charge is 0.454 e. The van der Waals surface area contributed by atoms with Crippen LogP contribution in [0.5, 0.6) is 0 Å². The first-order chi connectivity index (χ1) is 8.38. The molecular formula is C11H9F3N2O2. The molecule has 2 rings (SSSR count). The van der Waals surface area contributed by atoms with Crippen LogP contribution in [0.1, 0.15) is 5.56 Å². The van der Waals surface area contributed by atoms with Crippen molar-refractivity contribution in [2.24, 2.45) is 4.99 Å². The highest BCUT2D eigenvalue weighted by atomic mass is 19.4. The molecule has 1 heterocycles. The average molecular weight is 258 g/mol. The zero-order chi connectivity index (χ0) is 13.3. The van der Waals surface area contributed by atoms with Gasteiger partial charge in [0.05, 0.1) is 11.3 Å². The Hall–Kier alpha value is -2.05. The fraction of sp³-hybridized carbons (Fsp3) is 0.273. The van der Waals surface area contributed by atoms with Gasteiger partial charge in [-0.25, -0.2) is 0 Å². The van der Waals surface area contributed by atoms with Crippen LogP contribution in [-0.4, -0.2) is 30.5 Å². The van der Waals surface area contributed by atoms with E-state index in [9.17, 15) is 18.0 Å². The lowest BCUT2D eigenvalue weighted by Crippen LogP contribution is -2.24. The Bertz CT molecular complexity index is 511. The van der Waals surface area contributed by atoms with Gasteiger partial charge in [-0.3, -0.25) is 9.69 Å². The number of carbonyl (C=O) groups is 1. The van der Waals surface area contributed by atoms with Gasteiger partial charge in [0, 0.05) is 7.05 Å². The molecule has 0 saturated carbocycles. The van der Waals surface area contributed by atoms with Crippen molar-refractivity contribution >= 4 is 17.6 Å². The van der Waals surface area contributed by atoms with Crippen LogP contribution in [0.25, 0.3) is 0 Å². The number of benzene rings is 1. The Morgan fingerprint density at radius 2 is 2.11 bits per heavy atom. The molecule has 1 aromatic rings. The van der Waals surface area contributed by atoms with E-state index in [0.29, 0.717) is 0 Å². The van der Waals surface area contributed by atoms with Gasteiger partial charge in [-0.05, 0) is 18.2 Å². The zero-order valence-electron chi connectivity index (χ0n) is 9.36. The Balaban J connectivity index is 2.30. The molecule has 0 atom stereocenters. The van der Waals surface area contributed by atoms with Crippen LogP contribution >= 0.6 is 0 Å². The second kappa shape index (κ2) is 4.32. The Labute approximate surface area is 101 Å². The smallest absolute Gasteiger partial charge is 0.416 e. The summed E-state index contributed by atoms with van der Waals surface area (Å²) in [4.78, 5) is 16.2. The van der Waals surface area contributed by atoms with Crippen molar-refractivity contribution in [3.8, 4) is 0 Å². The summed E-state index contributed by atoms with van der Waals surface area (Å²) < 4.78 is 42.4. The molecule has 1 amide bonds. The second-order valence-corrected chi connectivity index (χ2v) is 3.68. The van der Waals surface area contributed by atoms with E-state index in [1.807, 2.05) is 0 Å². The van der Waals surface area contributed by atoms with Crippen molar-refractivity contribution in [1.29, 1.82) is 0 Å². The highest BCUT2D eigenvalue weighted by Gasteiger charge is 2.31. The van der Waals surface area contributed by atoms with Gasteiger partial charge in [0.1, 0.15) is 0 Å². The van der Waals surface area contributed by atoms with E-state index < -0.39 is 11.7 Å². The van der Waals surface area contributed by atoms with Crippen molar-refractivity contribution in [1.82, 2.24) is 4.90 Å². The fourth-order valence-electron chi connectivity index (χ4n) is 1.40. The maximum atomic E-state index is 12.5. The van der Waals surface area contributed by atoms with E-state index in [1.54, 1.807) is 0 Å². The first-order valence-electron chi connectivity index (χ1n) is 5.03. The second-order valence-electron chi connectivity index (χ2n) is 3.68. The van der Waals surface area contributed by atoms with E-state index in [-0.39, 0.29) is 24.2 Å². The number of alkyl halides is 3. The molecule has 1 fully saturated rings. The summed E-state index contributed by atoms with van der Waals surface area (Å²) in [6, 6.07) is 4.50. The number of hydrogen-bond donors (Lipinski definition) is 0. The highest BCUT2D eigenvalue weighted by molar-refractivity contribution is 6.00. The predicted octanol–water partition coefficient (Wildman–Crippen LogP) is 2.18. The third kappa shape index (κ3) is 2.44. The minimum absolute atomic E-state index is 0.000625. The molecule has 0 bridgehead atoms. The Morgan fingerprint density at radius 3 is 2.67 bits per heavy atom. The summed E-state index contributed by atoms with van der Waals surface area (Å²) >= 11 is 0. The molecule has 1 aliphatic heterocycles. The highest BCUT2D eigenvalue weighted by Crippen LogP contribution is 2.31. The van der Waals surface area contributed by atoms with Gasteiger partial charge in [0.15, 0.2) is 6.61 Å². The quantitative estimate of drug-likeness (QED) is 0.774.